The maximum atomic E-state index is 10.8. The van der Waals surface area contributed by atoms with Gasteiger partial charge in [-0.2, -0.15) is 0 Å². The minimum Gasteiger partial charge on any atom is -0.354 e. The average molecular weight is 265 g/mol. The van der Waals surface area contributed by atoms with Crippen LogP contribution in [0.1, 0.15) is 6.42 Å². The summed E-state index contributed by atoms with van der Waals surface area (Å²) in [6.45, 7) is 1.79. The minimum absolute atomic E-state index is 0.0355. The number of nitro benzene ring substituents is 1. The van der Waals surface area contributed by atoms with Gasteiger partial charge in [0.15, 0.2) is 11.0 Å². The Labute approximate surface area is 107 Å². The first kappa shape index (κ1) is 11.2. The number of non-ortho nitro benzene ring substituents is 1. The molecule has 7 heteroatoms. The second kappa shape index (κ2) is 4.06. The lowest BCUT2D eigenvalue weighted by Gasteiger charge is -2.32. The molecule has 92 valence electrons. The van der Waals surface area contributed by atoms with Gasteiger partial charge in [0, 0.05) is 36.0 Å². The summed E-state index contributed by atoms with van der Waals surface area (Å²) < 4.78 is 0. The van der Waals surface area contributed by atoms with Crippen LogP contribution in [0.3, 0.4) is 0 Å². The Balaban J connectivity index is 2.25. The van der Waals surface area contributed by atoms with E-state index in [0.29, 0.717) is 16.6 Å². The Morgan fingerprint density at radius 1 is 1.28 bits per heavy atom. The number of hydrogen-bond donors (Lipinski definition) is 0. The highest BCUT2D eigenvalue weighted by Crippen LogP contribution is 2.32. The summed E-state index contributed by atoms with van der Waals surface area (Å²) in [4.78, 5) is 12.4. The van der Waals surface area contributed by atoms with E-state index < -0.39 is 4.92 Å². The number of anilines is 1. The van der Waals surface area contributed by atoms with Crippen LogP contribution in [0.5, 0.6) is 0 Å². The van der Waals surface area contributed by atoms with Crippen molar-refractivity contribution in [3.63, 3.8) is 0 Å². The van der Waals surface area contributed by atoms with Gasteiger partial charge in [0.1, 0.15) is 0 Å². The summed E-state index contributed by atoms with van der Waals surface area (Å²) >= 11 is 5.96. The number of nitrogens with zero attached hydrogens (tertiary/aromatic N) is 4. The van der Waals surface area contributed by atoms with Crippen LogP contribution < -0.4 is 4.90 Å². The third-order valence-electron chi connectivity index (χ3n) is 3.07. The van der Waals surface area contributed by atoms with E-state index in [1.807, 2.05) is 4.90 Å². The molecule has 0 N–H and O–H groups in total. The van der Waals surface area contributed by atoms with E-state index in [1.165, 1.54) is 12.1 Å². The molecule has 0 spiro atoms. The molecule has 1 aliphatic heterocycles. The van der Waals surface area contributed by atoms with E-state index in [-0.39, 0.29) is 10.8 Å². The lowest BCUT2D eigenvalue weighted by Crippen LogP contribution is -2.37. The molecule has 1 fully saturated rings. The second-order valence-electron chi connectivity index (χ2n) is 4.14. The Bertz CT molecular complexity index is 642. The summed E-state index contributed by atoms with van der Waals surface area (Å²) in [6, 6.07) is 4.55. The first-order valence-corrected chi connectivity index (χ1v) is 5.90. The highest BCUT2D eigenvalue weighted by atomic mass is 35.5. The molecule has 0 saturated carbocycles. The van der Waals surface area contributed by atoms with Crippen molar-refractivity contribution in [3.05, 3.63) is 33.5 Å². The van der Waals surface area contributed by atoms with Crippen molar-refractivity contribution >= 4 is 33.9 Å². The van der Waals surface area contributed by atoms with Gasteiger partial charge in [-0.05, 0) is 12.5 Å². The molecular formula is C11H9ClN4O2. The van der Waals surface area contributed by atoms with Crippen molar-refractivity contribution in [3.8, 4) is 0 Å². The zero-order valence-electron chi connectivity index (χ0n) is 9.34. The number of benzene rings is 1. The molecule has 0 aliphatic carbocycles. The lowest BCUT2D eigenvalue weighted by atomic mass is 10.1. The average Bonchev–Trinajstić information content (AvgIpc) is 2.30. The minimum atomic E-state index is -0.423. The molecule has 0 amide bonds. The van der Waals surface area contributed by atoms with E-state index in [2.05, 4.69) is 10.2 Å². The van der Waals surface area contributed by atoms with Crippen LogP contribution >= 0.6 is 11.6 Å². The Morgan fingerprint density at radius 3 is 2.67 bits per heavy atom. The summed E-state index contributed by atoms with van der Waals surface area (Å²) in [5.74, 6) is 0.671. The van der Waals surface area contributed by atoms with Crippen LogP contribution in [0, 0.1) is 10.1 Å². The van der Waals surface area contributed by atoms with Gasteiger partial charge in [-0.1, -0.05) is 11.6 Å². The Kier molecular flexibility index (Phi) is 2.52. The van der Waals surface area contributed by atoms with Gasteiger partial charge in [-0.15, -0.1) is 10.2 Å². The normalized spacial score (nSPS) is 14.6. The van der Waals surface area contributed by atoms with Gasteiger partial charge in [-0.3, -0.25) is 10.1 Å². The topological polar surface area (TPSA) is 72.2 Å². The van der Waals surface area contributed by atoms with Crippen molar-refractivity contribution < 1.29 is 4.92 Å². The number of nitro groups is 1. The van der Waals surface area contributed by atoms with Gasteiger partial charge in [-0.25, -0.2) is 0 Å². The zero-order valence-corrected chi connectivity index (χ0v) is 10.1. The van der Waals surface area contributed by atoms with Crippen molar-refractivity contribution in [1.82, 2.24) is 10.2 Å². The number of aromatic nitrogens is 2. The molecular weight excluding hydrogens is 256 g/mol. The van der Waals surface area contributed by atoms with E-state index in [1.54, 1.807) is 6.07 Å². The van der Waals surface area contributed by atoms with Gasteiger partial charge in [0.2, 0.25) is 0 Å². The second-order valence-corrected chi connectivity index (χ2v) is 4.50. The van der Waals surface area contributed by atoms with E-state index in [0.717, 1.165) is 19.5 Å². The Hall–Kier alpha value is -1.95. The van der Waals surface area contributed by atoms with Crippen LogP contribution in [-0.4, -0.2) is 28.2 Å². The number of rotatable bonds is 2. The molecule has 2 heterocycles. The summed E-state index contributed by atoms with van der Waals surface area (Å²) in [6.07, 6.45) is 1.10. The fourth-order valence-corrected chi connectivity index (χ4v) is 2.17. The molecule has 2 aromatic rings. The maximum absolute atomic E-state index is 10.8. The van der Waals surface area contributed by atoms with E-state index in [4.69, 9.17) is 11.6 Å². The lowest BCUT2D eigenvalue weighted by molar-refractivity contribution is -0.384. The van der Waals surface area contributed by atoms with Crippen molar-refractivity contribution in [2.75, 3.05) is 18.0 Å². The smallest absolute Gasteiger partial charge is 0.270 e. The maximum Gasteiger partial charge on any atom is 0.270 e. The van der Waals surface area contributed by atoms with Gasteiger partial charge in [0.25, 0.3) is 5.69 Å². The predicted molar refractivity (Wildman–Crippen MR) is 68.0 cm³/mol. The standard InChI is InChI=1S/C11H9ClN4O2/c12-10-8-3-2-7(16(17)18)6-9(8)11(14-13-10)15-4-1-5-15/h2-3,6H,1,4-5H2. The third kappa shape index (κ3) is 1.65. The van der Waals surface area contributed by atoms with Crippen LogP contribution in [0.15, 0.2) is 18.2 Å². The fraction of sp³-hybridized carbons (Fsp3) is 0.273. The monoisotopic (exact) mass is 264 g/mol. The SMILES string of the molecule is O=[N+]([O-])c1ccc2c(Cl)nnc(N3CCC3)c2c1. The van der Waals surface area contributed by atoms with Crippen molar-refractivity contribution in [2.45, 2.75) is 6.42 Å². The van der Waals surface area contributed by atoms with Gasteiger partial charge in [0.05, 0.1) is 4.92 Å². The highest BCUT2D eigenvalue weighted by molar-refractivity contribution is 6.34. The molecule has 1 aromatic heterocycles. The summed E-state index contributed by atoms with van der Waals surface area (Å²) in [5, 5.41) is 20.4. The van der Waals surface area contributed by atoms with Crippen LogP contribution in [-0.2, 0) is 0 Å². The molecule has 0 radical (unpaired) electrons. The van der Waals surface area contributed by atoms with Crippen LogP contribution in [0.4, 0.5) is 11.5 Å². The number of hydrogen-bond acceptors (Lipinski definition) is 5. The fourth-order valence-electron chi connectivity index (χ4n) is 1.97. The molecule has 1 saturated heterocycles. The first-order valence-electron chi connectivity index (χ1n) is 5.52. The molecule has 18 heavy (non-hydrogen) atoms. The van der Waals surface area contributed by atoms with Crippen LogP contribution in [0.2, 0.25) is 5.15 Å². The van der Waals surface area contributed by atoms with Gasteiger partial charge >= 0.3 is 0 Å². The van der Waals surface area contributed by atoms with Crippen LogP contribution in [0.25, 0.3) is 10.8 Å². The third-order valence-corrected chi connectivity index (χ3v) is 3.34. The molecule has 1 aliphatic rings. The number of halogens is 1. The Morgan fingerprint density at radius 2 is 2.06 bits per heavy atom. The summed E-state index contributed by atoms with van der Waals surface area (Å²) in [5.41, 5.74) is 0.0355. The van der Waals surface area contributed by atoms with Crippen molar-refractivity contribution in [1.29, 1.82) is 0 Å². The predicted octanol–water partition coefficient (Wildman–Crippen LogP) is 2.40. The zero-order chi connectivity index (χ0) is 12.7. The first-order chi connectivity index (χ1) is 8.66. The largest absolute Gasteiger partial charge is 0.354 e. The molecule has 1 aromatic carbocycles. The molecule has 6 nitrogen and oxygen atoms in total. The van der Waals surface area contributed by atoms with E-state index >= 15 is 0 Å². The van der Waals surface area contributed by atoms with Crippen molar-refractivity contribution in [2.24, 2.45) is 0 Å². The molecule has 0 unspecified atom stereocenters. The highest BCUT2D eigenvalue weighted by Gasteiger charge is 2.21. The quantitative estimate of drug-likeness (QED) is 0.615. The van der Waals surface area contributed by atoms with Gasteiger partial charge < -0.3 is 4.90 Å². The number of fused-ring (bicyclic) bond motifs is 1. The molecule has 3 rings (SSSR count). The van der Waals surface area contributed by atoms with E-state index in [9.17, 15) is 10.1 Å². The summed E-state index contributed by atoms with van der Waals surface area (Å²) in [7, 11) is 0. The molecule has 0 atom stereocenters. The molecule has 0 bridgehead atoms.